The Labute approximate surface area is 226 Å². The van der Waals surface area contributed by atoms with Crippen molar-refractivity contribution in [3.05, 3.63) is 71.7 Å². The normalized spacial score (nSPS) is 20.5. The van der Waals surface area contributed by atoms with Gasteiger partial charge in [0.05, 0.1) is 11.5 Å². The third-order valence-corrected chi connectivity index (χ3v) is 7.73. The second-order valence-electron chi connectivity index (χ2n) is 10.3. The van der Waals surface area contributed by atoms with E-state index in [0.717, 1.165) is 37.2 Å². The molecule has 2 amide bonds. The average molecular weight is 538 g/mol. The molecule has 2 fully saturated rings. The van der Waals surface area contributed by atoms with Crippen molar-refractivity contribution < 1.29 is 22.9 Å². The first-order chi connectivity index (χ1) is 19.0. The second kappa shape index (κ2) is 12.5. The topological polar surface area (TPSA) is 100 Å². The quantitative estimate of drug-likeness (QED) is 0.448. The lowest BCUT2D eigenvalue weighted by molar-refractivity contribution is -0.128. The van der Waals surface area contributed by atoms with Gasteiger partial charge in [0.1, 0.15) is 11.6 Å². The highest BCUT2D eigenvalue weighted by atomic mass is 19.1. The molecule has 1 saturated carbocycles. The van der Waals surface area contributed by atoms with E-state index in [1.54, 1.807) is 6.20 Å². The molecule has 1 aromatic carbocycles. The Morgan fingerprint density at radius 1 is 1.05 bits per heavy atom. The summed E-state index contributed by atoms with van der Waals surface area (Å²) < 4.78 is 32.6. The molecular formula is C29H33F2N5O3. The first-order valence-electron chi connectivity index (χ1n) is 13.6. The standard InChI is InChI=1S/C29H33F2N5O3/c30-19-9-10-22(24(31)16-19)27-17-26(35-39-27)29(38)34-25-12-15-36(21-7-2-1-3-8-21)18-23(25)28(37)33-14-11-20-6-4-5-13-32-20/h4-6,9-10,13,16-17,21,23,25H,1-3,7-8,11-12,14-15,18H2,(H,33,37)(H,34,38)/t23-,25-/m0/s1. The van der Waals surface area contributed by atoms with E-state index in [2.05, 4.69) is 25.7 Å². The molecule has 39 heavy (non-hydrogen) atoms. The number of pyridine rings is 1. The molecule has 2 N–H and O–H groups in total. The van der Waals surface area contributed by atoms with E-state index in [9.17, 15) is 18.4 Å². The van der Waals surface area contributed by atoms with Gasteiger partial charge in [-0.05, 0) is 43.5 Å². The molecular weight excluding hydrogens is 504 g/mol. The number of piperidine rings is 1. The molecule has 1 aliphatic carbocycles. The molecule has 0 spiro atoms. The van der Waals surface area contributed by atoms with E-state index in [0.29, 0.717) is 32.0 Å². The maximum Gasteiger partial charge on any atom is 0.273 e. The summed E-state index contributed by atoms with van der Waals surface area (Å²) in [5.41, 5.74) is 0.876. The zero-order chi connectivity index (χ0) is 27.2. The highest BCUT2D eigenvalue weighted by molar-refractivity contribution is 5.94. The fourth-order valence-corrected chi connectivity index (χ4v) is 5.63. The van der Waals surface area contributed by atoms with Gasteiger partial charge >= 0.3 is 0 Å². The van der Waals surface area contributed by atoms with Crippen LogP contribution in [0.25, 0.3) is 11.3 Å². The van der Waals surface area contributed by atoms with Crippen LogP contribution in [0, 0.1) is 17.6 Å². The monoisotopic (exact) mass is 537 g/mol. The summed E-state index contributed by atoms with van der Waals surface area (Å²) in [6.45, 7) is 1.81. The minimum atomic E-state index is -0.810. The van der Waals surface area contributed by atoms with Gasteiger partial charge in [-0.1, -0.05) is 30.5 Å². The van der Waals surface area contributed by atoms with E-state index in [1.165, 1.54) is 31.4 Å². The SMILES string of the molecule is O=C(N[C@H]1CCN(C2CCCCC2)C[C@@H]1C(=O)NCCc1ccccn1)c1cc(-c2ccc(F)cc2F)on1. The molecule has 0 unspecified atom stereocenters. The Hall–Kier alpha value is -3.66. The van der Waals surface area contributed by atoms with E-state index < -0.39 is 29.5 Å². The minimum Gasteiger partial charge on any atom is -0.355 e. The van der Waals surface area contributed by atoms with E-state index in [4.69, 9.17) is 4.52 Å². The molecule has 2 atom stereocenters. The van der Waals surface area contributed by atoms with Crippen LogP contribution in [0.15, 0.2) is 53.2 Å². The molecule has 1 saturated heterocycles. The molecule has 3 heterocycles. The Bertz CT molecular complexity index is 1280. The van der Waals surface area contributed by atoms with Crippen molar-refractivity contribution in [2.24, 2.45) is 5.92 Å². The predicted octanol–water partition coefficient (Wildman–Crippen LogP) is 4.13. The number of hydrogen-bond donors (Lipinski definition) is 2. The fraction of sp³-hybridized carbons (Fsp3) is 0.448. The number of carbonyl (C=O) groups is 2. The van der Waals surface area contributed by atoms with Crippen molar-refractivity contribution in [2.45, 2.75) is 57.0 Å². The third kappa shape index (κ3) is 6.68. The second-order valence-corrected chi connectivity index (χ2v) is 10.3. The summed E-state index contributed by atoms with van der Waals surface area (Å²) in [4.78, 5) is 33.2. The van der Waals surface area contributed by atoms with Crippen molar-refractivity contribution in [3.63, 3.8) is 0 Å². The molecule has 0 bridgehead atoms. The van der Waals surface area contributed by atoms with Crippen molar-refractivity contribution in [1.29, 1.82) is 0 Å². The number of amides is 2. The number of likely N-dealkylation sites (tertiary alicyclic amines) is 1. The van der Waals surface area contributed by atoms with Crippen LogP contribution in [0.1, 0.15) is 54.7 Å². The number of benzene rings is 1. The van der Waals surface area contributed by atoms with E-state index in [-0.39, 0.29) is 22.9 Å². The van der Waals surface area contributed by atoms with E-state index in [1.807, 2.05) is 18.2 Å². The number of aromatic nitrogens is 2. The van der Waals surface area contributed by atoms with Crippen LogP contribution in [-0.2, 0) is 11.2 Å². The smallest absolute Gasteiger partial charge is 0.273 e. The Morgan fingerprint density at radius 2 is 1.90 bits per heavy atom. The molecule has 206 valence electrons. The number of nitrogens with one attached hydrogen (secondary N) is 2. The Morgan fingerprint density at radius 3 is 2.67 bits per heavy atom. The maximum atomic E-state index is 14.2. The van der Waals surface area contributed by atoms with Gasteiger partial charge in [-0.2, -0.15) is 0 Å². The van der Waals surface area contributed by atoms with Crippen molar-refractivity contribution >= 4 is 11.8 Å². The van der Waals surface area contributed by atoms with Gasteiger partial charge in [0.25, 0.3) is 5.91 Å². The molecule has 2 aromatic heterocycles. The Kier molecular flexibility index (Phi) is 8.61. The lowest BCUT2D eigenvalue weighted by Gasteiger charge is -2.43. The average Bonchev–Trinajstić information content (AvgIpc) is 3.44. The largest absolute Gasteiger partial charge is 0.355 e. The van der Waals surface area contributed by atoms with Gasteiger partial charge in [-0.3, -0.25) is 19.5 Å². The summed E-state index contributed by atoms with van der Waals surface area (Å²) in [5.74, 6) is -2.54. The number of halogens is 2. The van der Waals surface area contributed by atoms with Crippen LogP contribution in [0.2, 0.25) is 0 Å². The molecule has 0 radical (unpaired) electrons. The molecule has 3 aromatic rings. The van der Waals surface area contributed by atoms with Gasteiger partial charge in [0.2, 0.25) is 5.91 Å². The molecule has 8 nitrogen and oxygen atoms in total. The Balaban J connectivity index is 1.26. The van der Waals surface area contributed by atoms with Crippen LogP contribution < -0.4 is 10.6 Å². The molecule has 10 heteroatoms. The van der Waals surface area contributed by atoms with Crippen molar-refractivity contribution in [2.75, 3.05) is 19.6 Å². The third-order valence-electron chi connectivity index (χ3n) is 7.73. The van der Waals surface area contributed by atoms with Crippen LogP contribution >= 0.6 is 0 Å². The fourth-order valence-electron chi connectivity index (χ4n) is 5.63. The highest BCUT2D eigenvalue weighted by Gasteiger charge is 2.38. The van der Waals surface area contributed by atoms with Crippen LogP contribution in [0.5, 0.6) is 0 Å². The highest BCUT2D eigenvalue weighted by Crippen LogP contribution is 2.28. The first-order valence-corrected chi connectivity index (χ1v) is 13.6. The molecule has 5 rings (SSSR count). The van der Waals surface area contributed by atoms with Gasteiger partial charge < -0.3 is 15.2 Å². The maximum absolute atomic E-state index is 14.2. The zero-order valence-electron chi connectivity index (χ0n) is 21.7. The zero-order valence-corrected chi connectivity index (χ0v) is 21.7. The summed E-state index contributed by atoms with van der Waals surface area (Å²) in [6.07, 6.45) is 8.88. The first kappa shape index (κ1) is 26.9. The molecule has 1 aliphatic heterocycles. The van der Waals surface area contributed by atoms with Crippen molar-refractivity contribution in [1.82, 2.24) is 25.7 Å². The number of hydrogen-bond acceptors (Lipinski definition) is 6. The summed E-state index contributed by atoms with van der Waals surface area (Å²) >= 11 is 0. The number of rotatable bonds is 8. The number of nitrogens with zero attached hydrogens (tertiary/aromatic N) is 3. The predicted molar refractivity (Wildman–Crippen MR) is 141 cm³/mol. The van der Waals surface area contributed by atoms with Gasteiger partial charge in [0.15, 0.2) is 11.5 Å². The van der Waals surface area contributed by atoms with Crippen LogP contribution in [-0.4, -0.2) is 58.6 Å². The van der Waals surface area contributed by atoms with Gasteiger partial charge in [-0.15, -0.1) is 0 Å². The van der Waals surface area contributed by atoms with Gasteiger partial charge in [-0.25, -0.2) is 8.78 Å². The van der Waals surface area contributed by atoms with Gasteiger partial charge in [0, 0.05) is 62.2 Å². The van der Waals surface area contributed by atoms with Crippen LogP contribution in [0.4, 0.5) is 8.78 Å². The summed E-state index contributed by atoms with van der Waals surface area (Å²) in [6, 6.07) is 10.2. The van der Waals surface area contributed by atoms with E-state index >= 15 is 0 Å². The number of carbonyl (C=O) groups excluding carboxylic acids is 2. The van der Waals surface area contributed by atoms with Crippen LogP contribution in [0.3, 0.4) is 0 Å². The lowest BCUT2D eigenvalue weighted by atomic mass is 9.87. The minimum absolute atomic E-state index is 0.00824. The summed E-state index contributed by atoms with van der Waals surface area (Å²) in [7, 11) is 0. The summed E-state index contributed by atoms with van der Waals surface area (Å²) in [5, 5.41) is 9.81. The molecule has 2 aliphatic rings. The lowest BCUT2D eigenvalue weighted by Crippen LogP contribution is -2.58. The van der Waals surface area contributed by atoms with Crippen molar-refractivity contribution in [3.8, 4) is 11.3 Å².